The van der Waals surface area contributed by atoms with Gasteiger partial charge in [0, 0.05) is 16.7 Å². The summed E-state index contributed by atoms with van der Waals surface area (Å²) in [6, 6.07) is 12.4. The van der Waals surface area contributed by atoms with E-state index in [1.165, 1.54) is 7.11 Å². The molecule has 0 aliphatic rings. The molecule has 33 heavy (non-hydrogen) atoms. The fourth-order valence-corrected chi connectivity index (χ4v) is 3.37. The summed E-state index contributed by atoms with van der Waals surface area (Å²) in [5, 5.41) is 11.6. The van der Waals surface area contributed by atoms with Crippen molar-refractivity contribution in [3.63, 3.8) is 0 Å². The van der Waals surface area contributed by atoms with E-state index in [1.807, 2.05) is 19.1 Å². The van der Waals surface area contributed by atoms with E-state index in [1.54, 1.807) is 49.0 Å². The molecular formula is C23H22ClN5O4. The number of carbonyl (C=O) groups excluding carboxylic acids is 1. The Morgan fingerprint density at radius 2 is 1.88 bits per heavy atom. The third-order valence-corrected chi connectivity index (χ3v) is 5.39. The average molecular weight is 468 g/mol. The van der Waals surface area contributed by atoms with Gasteiger partial charge in [0.1, 0.15) is 23.0 Å². The summed E-state index contributed by atoms with van der Waals surface area (Å²) in [6.07, 6.45) is 0. The van der Waals surface area contributed by atoms with Crippen LogP contribution in [0.1, 0.15) is 27.6 Å². The van der Waals surface area contributed by atoms with Crippen molar-refractivity contribution in [2.24, 2.45) is 0 Å². The molecule has 0 bridgehead atoms. The SMILES string of the molecule is COc1ccc(OC)c(NC(=O)c2nnn(Cc3nc(-c4ccc(Cl)cc4)oc3C)c2C)c1. The minimum Gasteiger partial charge on any atom is -0.497 e. The minimum atomic E-state index is -0.413. The zero-order valence-electron chi connectivity index (χ0n) is 18.5. The number of hydrogen-bond acceptors (Lipinski definition) is 7. The molecule has 0 atom stereocenters. The summed E-state index contributed by atoms with van der Waals surface area (Å²) in [4.78, 5) is 17.5. The van der Waals surface area contributed by atoms with Crippen LogP contribution in [0.15, 0.2) is 46.9 Å². The number of hydrogen-bond donors (Lipinski definition) is 1. The first-order valence-corrected chi connectivity index (χ1v) is 10.4. The van der Waals surface area contributed by atoms with Gasteiger partial charge in [-0.25, -0.2) is 9.67 Å². The van der Waals surface area contributed by atoms with Gasteiger partial charge in [-0.2, -0.15) is 0 Å². The fraction of sp³-hybridized carbons (Fsp3) is 0.217. The molecule has 4 rings (SSSR count). The number of oxazole rings is 1. The number of nitrogens with one attached hydrogen (secondary N) is 1. The molecule has 1 amide bonds. The number of rotatable bonds is 7. The summed E-state index contributed by atoms with van der Waals surface area (Å²) in [5.74, 6) is 1.82. The number of benzene rings is 2. The molecule has 0 radical (unpaired) electrons. The lowest BCUT2D eigenvalue weighted by atomic mass is 10.2. The van der Waals surface area contributed by atoms with E-state index in [0.717, 1.165) is 5.56 Å². The van der Waals surface area contributed by atoms with E-state index >= 15 is 0 Å². The van der Waals surface area contributed by atoms with Crippen LogP contribution in [0.2, 0.25) is 5.02 Å². The number of aromatic nitrogens is 4. The van der Waals surface area contributed by atoms with Gasteiger partial charge in [0.2, 0.25) is 5.89 Å². The Hall–Kier alpha value is -3.85. The van der Waals surface area contributed by atoms with Crippen LogP contribution in [0.4, 0.5) is 5.69 Å². The normalized spacial score (nSPS) is 10.8. The van der Waals surface area contributed by atoms with Crippen LogP contribution in [-0.2, 0) is 6.54 Å². The number of halogens is 1. The predicted molar refractivity (Wildman–Crippen MR) is 123 cm³/mol. The van der Waals surface area contributed by atoms with Crippen molar-refractivity contribution in [3.05, 3.63) is 70.3 Å². The molecule has 0 saturated carbocycles. The minimum absolute atomic E-state index is 0.193. The topological polar surface area (TPSA) is 104 Å². The summed E-state index contributed by atoms with van der Waals surface area (Å²) in [7, 11) is 3.07. The number of amides is 1. The maximum Gasteiger partial charge on any atom is 0.278 e. The van der Waals surface area contributed by atoms with Gasteiger partial charge in [-0.3, -0.25) is 4.79 Å². The van der Waals surface area contributed by atoms with Crippen LogP contribution in [0.25, 0.3) is 11.5 Å². The van der Waals surface area contributed by atoms with E-state index < -0.39 is 5.91 Å². The molecule has 2 heterocycles. The fourth-order valence-electron chi connectivity index (χ4n) is 3.25. The number of methoxy groups -OCH3 is 2. The van der Waals surface area contributed by atoms with Crippen molar-refractivity contribution >= 4 is 23.2 Å². The number of nitrogens with zero attached hydrogens (tertiary/aromatic N) is 4. The Morgan fingerprint density at radius 1 is 1.12 bits per heavy atom. The highest BCUT2D eigenvalue weighted by atomic mass is 35.5. The van der Waals surface area contributed by atoms with Crippen molar-refractivity contribution in [3.8, 4) is 23.0 Å². The maximum absolute atomic E-state index is 12.9. The lowest BCUT2D eigenvalue weighted by Crippen LogP contribution is -2.15. The number of carbonyl (C=O) groups is 1. The average Bonchev–Trinajstić information content (AvgIpc) is 3.36. The number of aryl methyl sites for hydroxylation is 1. The number of anilines is 1. The second-order valence-electron chi connectivity index (χ2n) is 7.23. The van der Waals surface area contributed by atoms with Gasteiger partial charge >= 0.3 is 0 Å². The predicted octanol–water partition coefficient (Wildman–Crippen LogP) is 4.52. The molecule has 0 spiro atoms. The van der Waals surface area contributed by atoms with E-state index in [2.05, 4.69) is 20.6 Å². The summed E-state index contributed by atoms with van der Waals surface area (Å²) < 4.78 is 18.0. The maximum atomic E-state index is 12.9. The third kappa shape index (κ3) is 4.68. The number of ether oxygens (including phenoxy) is 2. The largest absolute Gasteiger partial charge is 0.497 e. The standard InChI is InChI=1S/C23H22ClN5O4/c1-13-21(22(30)25-18-11-17(31-3)9-10-20(18)32-4)27-28-29(13)12-19-14(2)33-23(26-19)15-5-7-16(24)8-6-15/h5-11H,12H2,1-4H3,(H,25,30). The second-order valence-corrected chi connectivity index (χ2v) is 7.67. The van der Waals surface area contributed by atoms with Gasteiger partial charge in [-0.1, -0.05) is 16.8 Å². The second kappa shape index (κ2) is 9.33. The van der Waals surface area contributed by atoms with Crippen molar-refractivity contribution in [1.29, 1.82) is 0 Å². The molecule has 1 N–H and O–H groups in total. The lowest BCUT2D eigenvalue weighted by Gasteiger charge is -2.11. The molecule has 0 unspecified atom stereocenters. The quantitative estimate of drug-likeness (QED) is 0.426. The van der Waals surface area contributed by atoms with Crippen molar-refractivity contribution in [1.82, 2.24) is 20.0 Å². The first-order valence-electron chi connectivity index (χ1n) is 10.0. The molecule has 9 nitrogen and oxygen atoms in total. The summed E-state index contributed by atoms with van der Waals surface area (Å²) in [6.45, 7) is 3.90. The Bertz CT molecular complexity index is 1300. The van der Waals surface area contributed by atoms with Crippen molar-refractivity contribution in [2.75, 3.05) is 19.5 Å². The van der Waals surface area contributed by atoms with Crippen LogP contribution in [0, 0.1) is 13.8 Å². The first-order chi connectivity index (χ1) is 15.9. The van der Waals surface area contributed by atoms with Crippen LogP contribution in [0.3, 0.4) is 0 Å². The Labute approximate surface area is 195 Å². The van der Waals surface area contributed by atoms with E-state index in [-0.39, 0.29) is 5.69 Å². The molecule has 2 aromatic heterocycles. The third-order valence-electron chi connectivity index (χ3n) is 5.14. The van der Waals surface area contributed by atoms with Gasteiger partial charge in [-0.15, -0.1) is 5.10 Å². The summed E-state index contributed by atoms with van der Waals surface area (Å²) in [5.41, 5.74) is 2.75. The molecule has 4 aromatic rings. The molecular weight excluding hydrogens is 446 g/mol. The van der Waals surface area contributed by atoms with Crippen molar-refractivity contribution in [2.45, 2.75) is 20.4 Å². The van der Waals surface area contributed by atoms with Crippen LogP contribution in [-0.4, -0.2) is 40.1 Å². The lowest BCUT2D eigenvalue weighted by molar-refractivity contribution is 0.102. The molecule has 2 aromatic carbocycles. The van der Waals surface area contributed by atoms with Crippen LogP contribution < -0.4 is 14.8 Å². The van der Waals surface area contributed by atoms with Crippen molar-refractivity contribution < 1.29 is 18.7 Å². The molecule has 0 aliphatic heterocycles. The van der Waals surface area contributed by atoms with Crippen LogP contribution >= 0.6 is 11.6 Å². The van der Waals surface area contributed by atoms with Gasteiger partial charge in [0.05, 0.1) is 32.1 Å². The zero-order valence-corrected chi connectivity index (χ0v) is 19.3. The molecule has 0 aliphatic carbocycles. The van der Waals surface area contributed by atoms with Gasteiger partial charge in [0.15, 0.2) is 5.69 Å². The van der Waals surface area contributed by atoms with Gasteiger partial charge in [0.25, 0.3) is 5.91 Å². The molecule has 170 valence electrons. The van der Waals surface area contributed by atoms with E-state index in [0.29, 0.717) is 51.8 Å². The first kappa shape index (κ1) is 22.3. The Morgan fingerprint density at radius 3 is 2.58 bits per heavy atom. The highest BCUT2D eigenvalue weighted by Crippen LogP contribution is 2.29. The van der Waals surface area contributed by atoms with E-state index in [9.17, 15) is 4.79 Å². The van der Waals surface area contributed by atoms with Gasteiger partial charge in [-0.05, 0) is 50.2 Å². The monoisotopic (exact) mass is 467 g/mol. The molecule has 0 fully saturated rings. The van der Waals surface area contributed by atoms with E-state index in [4.69, 9.17) is 25.5 Å². The van der Waals surface area contributed by atoms with Crippen LogP contribution in [0.5, 0.6) is 11.5 Å². The highest BCUT2D eigenvalue weighted by molar-refractivity contribution is 6.30. The Balaban J connectivity index is 1.54. The molecule has 0 saturated heterocycles. The smallest absolute Gasteiger partial charge is 0.278 e. The Kier molecular flexibility index (Phi) is 6.32. The van der Waals surface area contributed by atoms with Gasteiger partial charge < -0.3 is 19.2 Å². The zero-order chi connectivity index (χ0) is 23.5. The molecule has 10 heteroatoms. The summed E-state index contributed by atoms with van der Waals surface area (Å²) >= 11 is 5.96. The highest BCUT2D eigenvalue weighted by Gasteiger charge is 2.20.